The summed E-state index contributed by atoms with van der Waals surface area (Å²) in [6.07, 6.45) is 45.6. The third-order valence-corrected chi connectivity index (χ3v) is 9.22. The number of hydrogen-bond donors (Lipinski definition) is 1. The number of carboxylic acid groups (broad SMARTS) is 1. The maximum absolute atomic E-state index is 12.5. The summed E-state index contributed by atoms with van der Waals surface area (Å²) in [7, 11) is 0. The molecule has 4 nitrogen and oxygen atoms in total. The van der Waals surface area contributed by atoms with Gasteiger partial charge in [0.2, 0.25) is 0 Å². The van der Waals surface area contributed by atoms with Crippen LogP contribution in [-0.2, 0) is 14.3 Å². The molecule has 4 heteroatoms. The van der Waals surface area contributed by atoms with Crippen LogP contribution in [-0.4, -0.2) is 23.1 Å². The van der Waals surface area contributed by atoms with Gasteiger partial charge in [0.25, 0.3) is 0 Å². The Morgan fingerprint density at radius 2 is 0.844 bits per heavy atom. The zero-order valence-corrected chi connectivity index (χ0v) is 30.4. The van der Waals surface area contributed by atoms with Gasteiger partial charge in [-0.1, -0.05) is 187 Å². The lowest BCUT2D eigenvalue weighted by Gasteiger charge is -2.15. The molecule has 0 saturated carbocycles. The molecule has 0 spiro atoms. The van der Waals surface area contributed by atoms with E-state index in [4.69, 9.17) is 9.84 Å². The van der Waals surface area contributed by atoms with Crippen LogP contribution in [0.1, 0.15) is 232 Å². The number of unbranched alkanes of at least 4 members (excludes halogenated alkanes) is 28. The van der Waals surface area contributed by atoms with E-state index in [1.165, 1.54) is 154 Å². The molecule has 0 aromatic heterocycles. The molecule has 0 aromatic rings. The van der Waals surface area contributed by atoms with Crippen molar-refractivity contribution in [2.45, 2.75) is 238 Å². The van der Waals surface area contributed by atoms with Gasteiger partial charge in [0.05, 0.1) is 0 Å². The number of ether oxygens (including phenoxy) is 1. The van der Waals surface area contributed by atoms with E-state index in [2.05, 4.69) is 26.0 Å². The van der Waals surface area contributed by atoms with Crippen molar-refractivity contribution in [1.82, 2.24) is 0 Å². The first-order chi connectivity index (χ1) is 22.1. The molecule has 1 unspecified atom stereocenters. The van der Waals surface area contributed by atoms with Gasteiger partial charge in [0, 0.05) is 12.8 Å². The zero-order chi connectivity index (χ0) is 32.9. The summed E-state index contributed by atoms with van der Waals surface area (Å²) in [6.45, 7) is 4.52. The SMILES string of the molecule is CCCCCC/C=C\C(CCCCCCC(=O)O)OC(=O)CCCCCCCCCCCCCCCCCCCCCCCC. The highest BCUT2D eigenvalue weighted by Gasteiger charge is 2.11. The fraction of sp³-hybridized carbons (Fsp3) is 0.902. The Balaban J connectivity index is 3.69. The predicted octanol–water partition coefficient (Wildman–Crippen LogP) is 13.8. The number of carboxylic acids is 1. The van der Waals surface area contributed by atoms with E-state index in [1.54, 1.807) is 0 Å². The van der Waals surface area contributed by atoms with Gasteiger partial charge in [-0.05, 0) is 44.6 Å². The summed E-state index contributed by atoms with van der Waals surface area (Å²) in [5, 5.41) is 8.80. The van der Waals surface area contributed by atoms with Crippen LogP contribution in [0.15, 0.2) is 12.2 Å². The predicted molar refractivity (Wildman–Crippen MR) is 195 cm³/mol. The third-order valence-electron chi connectivity index (χ3n) is 9.22. The molecule has 0 fully saturated rings. The molecule has 0 aliphatic carbocycles. The average molecular weight is 635 g/mol. The van der Waals surface area contributed by atoms with Crippen LogP contribution in [0.3, 0.4) is 0 Å². The first-order valence-electron chi connectivity index (χ1n) is 20.2. The second-order valence-corrected chi connectivity index (χ2v) is 13.8. The van der Waals surface area contributed by atoms with E-state index >= 15 is 0 Å². The molecule has 0 aliphatic heterocycles. The molecule has 0 bridgehead atoms. The second kappa shape index (κ2) is 37.1. The summed E-state index contributed by atoms with van der Waals surface area (Å²) >= 11 is 0. The molecule has 45 heavy (non-hydrogen) atoms. The number of aliphatic carboxylic acids is 1. The van der Waals surface area contributed by atoms with Crippen molar-refractivity contribution in [3.8, 4) is 0 Å². The van der Waals surface area contributed by atoms with E-state index < -0.39 is 5.97 Å². The topological polar surface area (TPSA) is 63.6 Å². The van der Waals surface area contributed by atoms with Gasteiger partial charge in [-0.15, -0.1) is 0 Å². The lowest BCUT2D eigenvalue weighted by atomic mass is 10.0. The normalized spacial score (nSPS) is 12.2. The Labute approximate surface area is 281 Å². The largest absolute Gasteiger partial charge is 0.481 e. The van der Waals surface area contributed by atoms with Crippen LogP contribution in [0.4, 0.5) is 0 Å². The summed E-state index contributed by atoms with van der Waals surface area (Å²) in [5.74, 6) is -0.780. The van der Waals surface area contributed by atoms with E-state index in [-0.39, 0.29) is 18.5 Å². The van der Waals surface area contributed by atoms with E-state index in [9.17, 15) is 9.59 Å². The first-order valence-corrected chi connectivity index (χ1v) is 20.2. The van der Waals surface area contributed by atoms with Crippen molar-refractivity contribution in [3.05, 3.63) is 12.2 Å². The fourth-order valence-corrected chi connectivity index (χ4v) is 6.21. The van der Waals surface area contributed by atoms with Crippen LogP contribution in [0.2, 0.25) is 0 Å². The van der Waals surface area contributed by atoms with Gasteiger partial charge in [0.15, 0.2) is 0 Å². The second-order valence-electron chi connectivity index (χ2n) is 13.8. The van der Waals surface area contributed by atoms with Crippen molar-refractivity contribution in [1.29, 1.82) is 0 Å². The van der Waals surface area contributed by atoms with Gasteiger partial charge in [-0.3, -0.25) is 9.59 Å². The minimum absolute atomic E-state index is 0.0605. The highest BCUT2D eigenvalue weighted by atomic mass is 16.5. The van der Waals surface area contributed by atoms with Gasteiger partial charge in [-0.25, -0.2) is 0 Å². The van der Waals surface area contributed by atoms with Gasteiger partial charge < -0.3 is 9.84 Å². The number of allylic oxidation sites excluding steroid dienone is 1. The van der Waals surface area contributed by atoms with Crippen LogP contribution in [0.5, 0.6) is 0 Å². The van der Waals surface area contributed by atoms with E-state index in [1.807, 2.05) is 0 Å². The standard InChI is InChI=1S/C41H78O4/c1-3-5-7-9-11-12-13-14-15-16-17-18-19-20-21-22-23-24-25-26-28-34-38-41(44)45-39(35-31-27-10-8-6-4-2)36-32-29-30-33-37-40(42)43/h31,35,39H,3-30,32-34,36-38H2,1-2H3,(H,42,43)/b35-31-. The maximum atomic E-state index is 12.5. The molecular weight excluding hydrogens is 556 g/mol. The average Bonchev–Trinajstić information content (AvgIpc) is 3.02. The lowest BCUT2D eigenvalue weighted by molar-refractivity contribution is -0.147. The van der Waals surface area contributed by atoms with Gasteiger partial charge >= 0.3 is 11.9 Å². The number of rotatable bonds is 37. The van der Waals surface area contributed by atoms with Gasteiger partial charge in [0.1, 0.15) is 6.10 Å². The van der Waals surface area contributed by atoms with E-state index in [0.29, 0.717) is 6.42 Å². The Morgan fingerprint density at radius 3 is 1.27 bits per heavy atom. The molecule has 1 N–H and O–H groups in total. The summed E-state index contributed by atoms with van der Waals surface area (Å²) in [6, 6.07) is 0. The highest BCUT2D eigenvalue weighted by molar-refractivity contribution is 5.69. The van der Waals surface area contributed by atoms with E-state index in [0.717, 1.165) is 51.4 Å². The van der Waals surface area contributed by atoms with Crippen LogP contribution in [0.25, 0.3) is 0 Å². The Hall–Kier alpha value is -1.32. The molecule has 0 saturated heterocycles. The number of carbonyl (C=O) groups excluding carboxylic acids is 1. The van der Waals surface area contributed by atoms with Crippen LogP contribution in [0, 0.1) is 0 Å². The molecule has 0 aliphatic rings. The number of esters is 1. The Kier molecular flexibility index (Phi) is 36.1. The van der Waals surface area contributed by atoms with Gasteiger partial charge in [-0.2, -0.15) is 0 Å². The zero-order valence-electron chi connectivity index (χ0n) is 30.4. The van der Waals surface area contributed by atoms with Crippen molar-refractivity contribution >= 4 is 11.9 Å². The lowest BCUT2D eigenvalue weighted by Crippen LogP contribution is -2.16. The molecule has 0 amide bonds. The molecule has 0 radical (unpaired) electrons. The summed E-state index contributed by atoms with van der Waals surface area (Å²) in [4.78, 5) is 23.2. The Bertz CT molecular complexity index is 643. The molecule has 0 heterocycles. The molecule has 1 atom stereocenters. The smallest absolute Gasteiger partial charge is 0.306 e. The van der Waals surface area contributed by atoms with Crippen LogP contribution < -0.4 is 0 Å². The summed E-state index contributed by atoms with van der Waals surface area (Å²) < 4.78 is 5.85. The first kappa shape index (κ1) is 43.7. The van der Waals surface area contributed by atoms with Crippen molar-refractivity contribution in [2.75, 3.05) is 0 Å². The quantitative estimate of drug-likeness (QED) is 0.0419. The van der Waals surface area contributed by atoms with Crippen molar-refractivity contribution in [2.24, 2.45) is 0 Å². The fourth-order valence-electron chi connectivity index (χ4n) is 6.21. The van der Waals surface area contributed by atoms with Crippen LogP contribution >= 0.6 is 0 Å². The number of hydrogen-bond acceptors (Lipinski definition) is 3. The third kappa shape index (κ3) is 37.0. The highest BCUT2D eigenvalue weighted by Crippen LogP contribution is 2.17. The molecule has 0 aromatic carbocycles. The minimum atomic E-state index is -0.719. The maximum Gasteiger partial charge on any atom is 0.306 e. The minimum Gasteiger partial charge on any atom is -0.481 e. The molecular formula is C41H78O4. The molecule has 266 valence electrons. The summed E-state index contributed by atoms with van der Waals surface area (Å²) in [5.41, 5.74) is 0. The monoisotopic (exact) mass is 635 g/mol. The molecule has 0 rings (SSSR count). The van der Waals surface area contributed by atoms with Crippen molar-refractivity contribution in [3.63, 3.8) is 0 Å². The Morgan fingerprint density at radius 1 is 0.489 bits per heavy atom. The number of carbonyl (C=O) groups is 2. The van der Waals surface area contributed by atoms with Crippen molar-refractivity contribution < 1.29 is 19.4 Å².